The molecule has 1 amide bonds. The monoisotopic (exact) mass is 585 g/mol. The number of ether oxygens (including phenoxy) is 2. The van der Waals surface area contributed by atoms with Gasteiger partial charge in [-0.15, -0.1) is 0 Å². The van der Waals surface area contributed by atoms with Crippen LogP contribution in [0.15, 0.2) is 72.8 Å². The molecule has 0 spiro atoms. The number of benzene rings is 3. The van der Waals surface area contributed by atoms with Crippen LogP contribution in [-0.4, -0.2) is 75.2 Å². The highest BCUT2D eigenvalue weighted by Gasteiger charge is 2.48. The van der Waals surface area contributed by atoms with E-state index in [0.717, 1.165) is 5.56 Å². The number of aliphatic hydroxyl groups excluding tert-OH is 5. The summed E-state index contributed by atoms with van der Waals surface area (Å²) in [7, 11) is 0. The molecule has 0 aromatic heterocycles. The van der Waals surface area contributed by atoms with Crippen molar-refractivity contribution < 1.29 is 48.6 Å². The number of hydrogen-bond donors (Lipinski definition) is 5. The number of amides is 1. The maximum Gasteiger partial charge on any atom is 0.233 e. The van der Waals surface area contributed by atoms with Gasteiger partial charge in [-0.3, -0.25) is 4.79 Å². The zero-order valence-electron chi connectivity index (χ0n) is 22.5. The fourth-order valence-corrected chi connectivity index (χ4v) is 5.55. The molecule has 0 bridgehead atoms. The number of anilines is 1. The second-order valence-electron chi connectivity index (χ2n) is 10.6. The molecular formula is C31H33F2NO8. The Morgan fingerprint density at radius 1 is 0.833 bits per heavy atom. The lowest BCUT2D eigenvalue weighted by molar-refractivity contribution is -0.234. The lowest BCUT2D eigenvalue weighted by atomic mass is 9.78. The molecule has 5 rings (SSSR count). The maximum absolute atomic E-state index is 13.6. The Balaban J connectivity index is 1.29. The number of hydrogen-bond acceptors (Lipinski definition) is 8. The van der Waals surface area contributed by atoms with Crippen molar-refractivity contribution in [2.75, 3.05) is 18.1 Å². The van der Waals surface area contributed by atoms with Gasteiger partial charge < -0.3 is 39.9 Å². The molecule has 8 atom stereocenters. The average Bonchev–Trinajstić information content (AvgIpc) is 3.00. The van der Waals surface area contributed by atoms with Crippen molar-refractivity contribution in [3.05, 3.63) is 95.6 Å². The molecule has 2 aliphatic heterocycles. The first-order valence-corrected chi connectivity index (χ1v) is 13.7. The summed E-state index contributed by atoms with van der Waals surface area (Å²) in [6, 6.07) is 17.7. The van der Waals surface area contributed by atoms with Crippen LogP contribution in [0.3, 0.4) is 0 Å². The summed E-state index contributed by atoms with van der Waals surface area (Å²) in [5, 5.41) is 50.2. The lowest BCUT2D eigenvalue weighted by Crippen LogP contribution is -2.59. The van der Waals surface area contributed by atoms with Crippen molar-refractivity contribution in [2.45, 2.75) is 55.5 Å². The van der Waals surface area contributed by atoms with Gasteiger partial charge in [0.15, 0.2) is 0 Å². The zero-order chi connectivity index (χ0) is 30.0. The molecule has 9 nitrogen and oxygen atoms in total. The summed E-state index contributed by atoms with van der Waals surface area (Å²) in [6.07, 6.45) is -6.65. The molecule has 2 fully saturated rings. The largest absolute Gasteiger partial charge is 0.491 e. The molecule has 3 aromatic carbocycles. The van der Waals surface area contributed by atoms with Crippen molar-refractivity contribution in [1.29, 1.82) is 0 Å². The minimum atomic E-state index is -1.50. The van der Waals surface area contributed by atoms with Crippen LogP contribution in [-0.2, 0) is 9.53 Å². The van der Waals surface area contributed by atoms with Crippen LogP contribution in [0.1, 0.15) is 36.1 Å². The molecule has 5 N–H and O–H groups in total. The van der Waals surface area contributed by atoms with Crippen LogP contribution in [0.25, 0.3) is 0 Å². The predicted octanol–water partition coefficient (Wildman–Crippen LogP) is 2.40. The highest BCUT2D eigenvalue weighted by Crippen LogP contribution is 2.46. The standard InChI is InChI=1S/C31H33F2NO8/c32-19-5-1-17(2-6-19)24(36)14-13-23-27(34(31(23)40)21-9-7-20(33)8-10-21)18-3-11-22(12-4-18)41-16-26-29(38)30(39)28(37)25(15-35)42-26/h1-12,23-30,35-39H,13-16H2/t23-,24+,25-,26+,27-,28-,29+,30+/m1/s1. The molecule has 0 unspecified atom stereocenters. The van der Waals surface area contributed by atoms with Gasteiger partial charge in [0, 0.05) is 5.69 Å². The molecule has 2 saturated heterocycles. The normalized spacial score (nSPS) is 28.3. The molecule has 3 aromatic rings. The van der Waals surface area contributed by atoms with Gasteiger partial charge in [-0.2, -0.15) is 0 Å². The molecule has 2 aliphatic rings. The quantitative estimate of drug-likeness (QED) is 0.229. The SMILES string of the molecule is O=C1[C@H](CC[C@H](O)c2ccc(F)cc2)[C@@H](c2ccc(OC[C@@H]3O[C@H](CO)[C@@H](O)[C@H](O)[C@H]3O)cc2)N1c1ccc(F)cc1. The number of carbonyl (C=O) groups is 1. The highest BCUT2D eigenvalue weighted by molar-refractivity contribution is 6.03. The minimum Gasteiger partial charge on any atom is -0.491 e. The fraction of sp³-hybridized carbons (Fsp3) is 0.387. The number of halogens is 2. The number of rotatable bonds is 10. The first-order valence-electron chi connectivity index (χ1n) is 13.7. The topological polar surface area (TPSA) is 140 Å². The fourth-order valence-electron chi connectivity index (χ4n) is 5.55. The van der Waals surface area contributed by atoms with E-state index in [1.807, 2.05) is 0 Å². The summed E-state index contributed by atoms with van der Waals surface area (Å²) in [5.41, 5.74) is 1.86. The lowest BCUT2D eigenvalue weighted by Gasteiger charge is -2.48. The highest BCUT2D eigenvalue weighted by atomic mass is 19.1. The number of nitrogens with zero attached hydrogens (tertiary/aromatic N) is 1. The molecule has 11 heteroatoms. The second kappa shape index (κ2) is 12.8. The third-order valence-electron chi connectivity index (χ3n) is 7.95. The summed E-state index contributed by atoms with van der Waals surface area (Å²) in [4.78, 5) is 14.9. The second-order valence-corrected chi connectivity index (χ2v) is 10.6. The van der Waals surface area contributed by atoms with Crippen LogP contribution >= 0.6 is 0 Å². The van der Waals surface area contributed by atoms with Gasteiger partial charge in [0.2, 0.25) is 5.91 Å². The first kappa shape index (κ1) is 30.0. The Hall–Kier alpha value is -3.45. The summed E-state index contributed by atoms with van der Waals surface area (Å²) in [6.45, 7) is -0.697. The van der Waals surface area contributed by atoms with E-state index in [1.54, 1.807) is 29.2 Å². The van der Waals surface area contributed by atoms with Gasteiger partial charge in [0.1, 0.15) is 54.5 Å². The van der Waals surface area contributed by atoms with E-state index in [0.29, 0.717) is 23.4 Å². The number of aliphatic hydroxyl groups is 5. The van der Waals surface area contributed by atoms with E-state index in [4.69, 9.17) is 9.47 Å². The molecule has 42 heavy (non-hydrogen) atoms. The van der Waals surface area contributed by atoms with E-state index in [2.05, 4.69) is 0 Å². The smallest absolute Gasteiger partial charge is 0.233 e. The van der Waals surface area contributed by atoms with Gasteiger partial charge in [0.25, 0.3) is 0 Å². The van der Waals surface area contributed by atoms with Crippen molar-refractivity contribution >= 4 is 11.6 Å². The minimum absolute atomic E-state index is 0.158. The Labute approximate surface area is 241 Å². The zero-order valence-corrected chi connectivity index (χ0v) is 22.5. The third kappa shape index (κ3) is 6.17. The van der Waals surface area contributed by atoms with Crippen LogP contribution in [0.5, 0.6) is 5.75 Å². The van der Waals surface area contributed by atoms with Crippen molar-refractivity contribution in [2.24, 2.45) is 5.92 Å². The molecule has 2 heterocycles. The van der Waals surface area contributed by atoms with Crippen LogP contribution in [0, 0.1) is 17.6 Å². The van der Waals surface area contributed by atoms with Crippen LogP contribution in [0.2, 0.25) is 0 Å². The van der Waals surface area contributed by atoms with Crippen molar-refractivity contribution in [1.82, 2.24) is 0 Å². The average molecular weight is 586 g/mol. The van der Waals surface area contributed by atoms with Gasteiger partial charge in [-0.25, -0.2) is 8.78 Å². The van der Waals surface area contributed by atoms with Gasteiger partial charge in [-0.1, -0.05) is 24.3 Å². The molecule has 0 radical (unpaired) electrons. The molecule has 0 aliphatic carbocycles. The van der Waals surface area contributed by atoms with E-state index < -0.39 is 66.8 Å². The number of carbonyl (C=O) groups excluding carboxylic acids is 1. The summed E-state index contributed by atoms with van der Waals surface area (Å²) >= 11 is 0. The summed E-state index contributed by atoms with van der Waals surface area (Å²) in [5.74, 6) is -1.05. The Morgan fingerprint density at radius 2 is 1.43 bits per heavy atom. The van der Waals surface area contributed by atoms with Gasteiger partial charge in [0.05, 0.1) is 24.7 Å². The predicted molar refractivity (Wildman–Crippen MR) is 146 cm³/mol. The van der Waals surface area contributed by atoms with E-state index >= 15 is 0 Å². The van der Waals surface area contributed by atoms with Crippen LogP contribution < -0.4 is 9.64 Å². The van der Waals surface area contributed by atoms with E-state index in [9.17, 15) is 39.1 Å². The van der Waals surface area contributed by atoms with E-state index in [-0.39, 0.29) is 18.9 Å². The van der Waals surface area contributed by atoms with Crippen molar-refractivity contribution in [3.8, 4) is 5.75 Å². The molecule has 224 valence electrons. The van der Waals surface area contributed by atoms with Crippen molar-refractivity contribution in [3.63, 3.8) is 0 Å². The Morgan fingerprint density at radius 3 is 2.05 bits per heavy atom. The Kier molecular flexibility index (Phi) is 9.16. The van der Waals surface area contributed by atoms with Crippen LogP contribution in [0.4, 0.5) is 14.5 Å². The summed E-state index contributed by atoms with van der Waals surface area (Å²) < 4.78 is 38.1. The van der Waals surface area contributed by atoms with E-state index in [1.165, 1.54) is 48.5 Å². The Bertz CT molecular complexity index is 1340. The first-order chi connectivity index (χ1) is 20.2. The van der Waals surface area contributed by atoms with Gasteiger partial charge in [-0.05, 0) is 72.5 Å². The van der Waals surface area contributed by atoms with Gasteiger partial charge >= 0.3 is 0 Å². The molecular weight excluding hydrogens is 552 g/mol. The maximum atomic E-state index is 13.6. The number of β-lactam (4-membered cyclic amide) rings is 1. The third-order valence-corrected chi connectivity index (χ3v) is 7.95. The molecule has 0 saturated carbocycles.